The van der Waals surface area contributed by atoms with Crippen LogP contribution in [0.1, 0.15) is 38.5 Å². The molecular weight excluding hydrogens is 240 g/mol. The minimum atomic E-state index is -0.713. The Bertz CT molecular complexity index is 384. The second kappa shape index (κ2) is 6.37. The summed E-state index contributed by atoms with van der Waals surface area (Å²) in [7, 11) is 0. The van der Waals surface area contributed by atoms with Crippen molar-refractivity contribution in [3.63, 3.8) is 0 Å². The Morgan fingerprint density at radius 1 is 1.26 bits per heavy atom. The van der Waals surface area contributed by atoms with Gasteiger partial charge in [-0.1, -0.05) is 31.9 Å². The number of aliphatic hydroxyl groups is 2. The maximum absolute atomic E-state index is 10.4. The van der Waals surface area contributed by atoms with Crippen LogP contribution in [0.3, 0.4) is 0 Å². The van der Waals surface area contributed by atoms with Crippen LogP contribution in [0.15, 0.2) is 36.1 Å². The molecule has 2 atom stereocenters. The molecule has 0 spiro atoms. The molecule has 0 aromatic carbocycles. The van der Waals surface area contributed by atoms with Crippen molar-refractivity contribution in [2.24, 2.45) is 5.73 Å². The number of likely N-dealkylation sites (tertiary alicyclic amines) is 1. The lowest BCUT2D eigenvalue weighted by Gasteiger charge is -2.35. The number of nitrogens with zero attached hydrogens (tertiary/aromatic N) is 1. The van der Waals surface area contributed by atoms with Gasteiger partial charge in [-0.3, -0.25) is 0 Å². The summed E-state index contributed by atoms with van der Waals surface area (Å²) in [6, 6.07) is 0.286. The van der Waals surface area contributed by atoms with E-state index in [0.29, 0.717) is 12.1 Å². The first-order chi connectivity index (χ1) is 9.13. The summed E-state index contributed by atoms with van der Waals surface area (Å²) in [5, 5.41) is 20.5. The molecule has 2 aliphatic rings. The van der Waals surface area contributed by atoms with Crippen LogP contribution < -0.4 is 5.73 Å². The monoisotopic (exact) mass is 264 g/mol. The van der Waals surface area contributed by atoms with Crippen molar-refractivity contribution in [3.05, 3.63) is 36.1 Å². The number of hydrogen-bond donors (Lipinski definition) is 3. The highest BCUT2D eigenvalue weighted by molar-refractivity contribution is 5.28. The summed E-state index contributed by atoms with van der Waals surface area (Å²) in [6.07, 6.45) is 9.93. The van der Waals surface area contributed by atoms with E-state index in [4.69, 9.17) is 5.73 Å². The van der Waals surface area contributed by atoms with E-state index < -0.39 is 12.5 Å². The zero-order valence-corrected chi connectivity index (χ0v) is 11.3. The Balaban J connectivity index is 2.11. The van der Waals surface area contributed by atoms with E-state index in [1.165, 1.54) is 19.3 Å². The predicted octanol–water partition coefficient (Wildman–Crippen LogP) is 1.62. The summed E-state index contributed by atoms with van der Waals surface area (Å²) in [5.41, 5.74) is 7.14. The highest BCUT2D eigenvalue weighted by atomic mass is 16.3. The van der Waals surface area contributed by atoms with Gasteiger partial charge in [0.25, 0.3) is 0 Å². The highest BCUT2D eigenvalue weighted by Gasteiger charge is 2.39. The molecule has 1 heterocycles. The quantitative estimate of drug-likeness (QED) is 0.677. The molecule has 0 amide bonds. The smallest absolute Gasteiger partial charge is 0.132 e. The number of aliphatic hydroxyl groups excluding tert-OH is 2. The fourth-order valence-corrected chi connectivity index (χ4v) is 3.13. The number of rotatable bonds is 3. The maximum atomic E-state index is 10.4. The van der Waals surface area contributed by atoms with Crippen molar-refractivity contribution in [2.45, 2.75) is 57.0 Å². The van der Waals surface area contributed by atoms with Crippen LogP contribution in [-0.2, 0) is 0 Å². The fraction of sp³-hybridized carbons (Fsp3) is 0.600. The lowest BCUT2D eigenvalue weighted by Crippen LogP contribution is -2.45. The van der Waals surface area contributed by atoms with Crippen molar-refractivity contribution < 1.29 is 10.2 Å². The molecule has 106 valence electrons. The largest absolute Gasteiger partial charge is 0.399 e. The van der Waals surface area contributed by atoms with E-state index in [9.17, 15) is 10.2 Å². The lowest BCUT2D eigenvalue weighted by molar-refractivity contribution is -0.0815. The first-order valence-electron chi connectivity index (χ1n) is 7.05. The molecule has 1 saturated carbocycles. The van der Waals surface area contributed by atoms with Gasteiger partial charge in [0.15, 0.2) is 0 Å². The predicted molar refractivity (Wildman–Crippen MR) is 75.9 cm³/mol. The number of nitrogens with two attached hydrogens (primary N) is 1. The molecule has 1 saturated heterocycles. The van der Waals surface area contributed by atoms with Gasteiger partial charge in [0.1, 0.15) is 12.5 Å². The SMILES string of the molecule is C=C/C=C(N)\C=C1/CC(O)N(C2CCCCC2)C1O. The van der Waals surface area contributed by atoms with Gasteiger partial charge in [-0.05, 0) is 30.6 Å². The van der Waals surface area contributed by atoms with Gasteiger partial charge < -0.3 is 15.9 Å². The Morgan fingerprint density at radius 3 is 2.58 bits per heavy atom. The molecule has 2 rings (SSSR count). The van der Waals surface area contributed by atoms with Crippen LogP contribution in [0, 0.1) is 0 Å². The molecule has 4 N–H and O–H groups in total. The third-order valence-electron chi connectivity index (χ3n) is 4.04. The Labute approximate surface area is 114 Å². The topological polar surface area (TPSA) is 69.7 Å². The number of hydrogen-bond acceptors (Lipinski definition) is 4. The van der Waals surface area contributed by atoms with Crippen molar-refractivity contribution in [1.29, 1.82) is 0 Å². The summed E-state index contributed by atoms with van der Waals surface area (Å²) >= 11 is 0. The molecule has 4 heteroatoms. The first kappa shape index (κ1) is 14.3. The van der Waals surface area contributed by atoms with Crippen LogP contribution in [0.25, 0.3) is 0 Å². The van der Waals surface area contributed by atoms with E-state index in [1.807, 2.05) is 4.90 Å². The molecular formula is C15H24N2O2. The zero-order chi connectivity index (χ0) is 13.8. The lowest BCUT2D eigenvalue weighted by atomic mass is 9.94. The van der Waals surface area contributed by atoms with Gasteiger partial charge >= 0.3 is 0 Å². The second-order valence-electron chi connectivity index (χ2n) is 5.42. The molecule has 2 fully saturated rings. The van der Waals surface area contributed by atoms with Gasteiger partial charge in [-0.15, -0.1) is 0 Å². The van der Waals surface area contributed by atoms with Crippen LogP contribution in [0.5, 0.6) is 0 Å². The van der Waals surface area contributed by atoms with Gasteiger partial charge in [0, 0.05) is 18.2 Å². The van der Waals surface area contributed by atoms with Crippen molar-refractivity contribution in [2.75, 3.05) is 0 Å². The first-order valence-corrected chi connectivity index (χ1v) is 7.05. The summed E-state index contributed by atoms with van der Waals surface area (Å²) < 4.78 is 0. The molecule has 0 aromatic rings. The molecule has 4 nitrogen and oxygen atoms in total. The van der Waals surface area contributed by atoms with Crippen LogP contribution in [0.2, 0.25) is 0 Å². The second-order valence-corrected chi connectivity index (χ2v) is 5.42. The van der Waals surface area contributed by atoms with Crippen molar-refractivity contribution in [3.8, 4) is 0 Å². The van der Waals surface area contributed by atoms with Gasteiger partial charge in [-0.25, -0.2) is 4.90 Å². The Morgan fingerprint density at radius 2 is 1.95 bits per heavy atom. The third kappa shape index (κ3) is 3.26. The number of allylic oxidation sites excluding steroid dienone is 3. The van der Waals surface area contributed by atoms with E-state index in [2.05, 4.69) is 6.58 Å². The molecule has 1 aliphatic heterocycles. The van der Waals surface area contributed by atoms with Crippen LogP contribution in [-0.4, -0.2) is 33.6 Å². The van der Waals surface area contributed by atoms with Crippen LogP contribution >= 0.6 is 0 Å². The van der Waals surface area contributed by atoms with Gasteiger partial charge in [-0.2, -0.15) is 0 Å². The van der Waals surface area contributed by atoms with Crippen LogP contribution in [0.4, 0.5) is 0 Å². The Kier molecular flexibility index (Phi) is 4.80. The standard InChI is InChI=1S/C15H24N2O2/c1-2-6-12(16)9-11-10-14(18)17(15(11)19)13-7-4-3-5-8-13/h2,6,9,13-15,18-19H,1,3-5,7-8,10,16H2/b11-9+,12-6+. The van der Waals surface area contributed by atoms with Gasteiger partial charge in [0.2, 0.25) is 0 Å². The van der Waals surface area contributed by atoms with Crippen molar-refractivity contribution in [1.82, 2.24) is 4.90 Å². The molecule has 0 radical (unpaired) electrons. The minimum absolute atomic E-state index is 0.286. The normalized spacial score (nSPS) is 32.9. The average molecular weight is 264 g/mol. The maximum Gasteiger partial charge on any atom is 0.132 e. The van der Waals surface area contributed by atoms with E-state index in [-0.39, 0.29) is 6.04 Å². The summed E-state index contributed by atoms with van der Waals surface area (Å²) in [5.74, 6) is 0. The van der Waals surface area contributed by atoms with Gasteiger partial charge in [0.05, 0.1) is 0 Å². The fourth-order valence-electron chi connectivity index (χ4n) is 3.13. The average Bonchev–Trinajstić information content (AvgIpc) is 2.66. The Hall–Kier alpha value is -1.10. The van der Waals surface area contributed by atoms with Crippen molar-refractivity contribution >= 4 is 0 Å². The van der Waals surface area contributed by atoms with E-state index in [1.54, 1.807) is 18.2 Å². The molecule has 0 bridgehead atoms. The molecule has 0 aromatic heterocycles. The molecule has 1 aliphatic carbocycles. The third-order valence-corrected chi connectivity index (χ3v) is 4.04. The van der Waals surface area contributed by atoms with E-state index in [0.717, 1.165) is 18.4 Å². The molecule has 2 unspecified atom stereocenters. The van der Waals surface area contributed by atoms with E-state index >= 15 is 0 Å². The summed E-state index contributed by atoms with van der Waals surface area (Å²) in [4.78, 5) is 1.84. The zero-order valence-electron chi connectivity index (χ0n) is 11.3. The summed E-state index contributed by atoms with van der Waals surface area (Å²) in [6.45, 7) is 3.59. The molecule has 19 heavy (non-hydrogen) atoms. The highest BCUT2D eigenvalue weighted by Crippen LogP contribution is 2.34. The minimum Gasteiger partial charge on any atom is -0.399 e.